The van der Waals surface area contributed by atoms with Crippen LogP contribution in [0.3, 0.4) is 0 Å². The molecule has 6 rings (SSSR count). The molecule has 0 bridgehead atoms. The van der Waals surface area contributed by atoms with Gasteiger partial charge in [0, 0.05) is 12.0 Å². The van der Waals surface area contributed by atoms with Crippen molar-refractivity contribution >= 4 is 5.97 Å². The molecule has 0 aliphatic carbocycles. The Balaban J connectivity index is 1.41. The van der Waals surface area contributed by atoms with Gasteiger partial charge >= 0.3 is 5.97 Å². The van der Waals surface area contributed by atoms with Crippen molar-refractivity contribution in [2.24, 2.45) is 5.11 Å². The van der Waals surface area contributed by atoms with E-state index >= 15 is 0 Å². The van der Waals surface area contributed by atoms with Crippen molar-refractivity contribution < 1.29 is 38.0 Å². The van der Waals surface area contributed by atoms with Crippen molar-refractivity contribution in [2.75, 3.05) is 13.7 Å². The summed E-state index contributed by atoms with van der Waals surface area (Å²) >= 11 is 0. The lowest BCUT2D eigenvalue weighted by Gasteiger charge is -2.52. The Bertz CT molecular complexity index is 1660. The van der Waals surface area contributed by atoms with E-state index < -0.39 is 48.3 Å². The molecule has 0 radical (unpaired) electrons. The third-order valence-electron chi connectivity index (χ3n) is 8.74. The van der Waals surface area contributed by atoms with Gasteiger partial charge in [0.15, 0.2) is 17.9 Å². The van der Waals surface area contributed by atoms with Gasteiger partial charge < -0.3 is 33.2 Å². The molecule has 1 unspecified atom stereocenters. The first-order valence-corrected chi connectivity index (χ1v) is 16.2. The number of methoxy groups -OCH3 is 1. The van der Waals surface area contributed by atoms with Crippen LogP contribution in [0.1, 0.15) is 22.3 Å². The van der Waals surface area contributed by atoms with Gasteiger partial charge in [-0.15, -0.1) is 0 Å². The lowest BCUT2D eigenvalue weighted by molar-refractivity contribution is -0.342. The molecule has 7 atom stereocenters. The molecule has 0 amide bonds. The predicted molar refractivity (Wildman–Crippen MR) is 179 cm³/mol. The number of carbonyl (C=O) groups is 1. The molecule has 0 N–H and O–H groups in total. The fourth-order valence-electron chi connectivity index (χ4n) is 6.34. The molecule has 254 valence electrons. The second-order valence-electron chi connectivity index (χ2n) is 11.8. The van der Waals surface area contributed by atoms with Crippen LogP contribution >= 0.6 is 0 Å². The number of fused-ring (bicyclic) bond motifs is 1. The van der Waals surface area contributed by atoms with Crippen LogP contribution in [0.2, 0.25) is 0 Å². The highest BCUT2D eigenvalue weighted by molar-refractivity contribution is 5.77. The number of hydrogen-bond donors (Lipinski definition) is 0. The van der Waals surface area contributed by atoms with Gasteiger partial charge in [-0.3, -0.25) is 4.79 Å². The average Bonchev–Trinajstić information content (AvgIpc) is 3.54. The van der Waals surface area contributed by atoms with Crippen LogP contribution < -0.4 is 0 Å². The first-order chi connectivity index (χ1) is 24.1. The van der Waals surface area contributed by atoms with E-state index in [4.69, 9.17) is 33.2 Å². The Morgan fingerprint density at radius 2 is 1.31 bits per heavy atom. The first kappa shape index (κ1) is 34.3. The van der Waals surface area contributed by atoms with Gasteiger partial charge in [-0.2, -0.15) is 0 Å². The van der Waals surface area contributed by atoms with Crippen LogP contribution in [-0.2, 0) is 64.4 Å². The molecule has 4 aromatic carbocycles. The number of esters is 1. The summed E-state index contributed by atoms with van der Waals surface area (Å²) in [6.45, 7) is 0.630. The Morgan fingerprint density at radius 1 is 0.796 bits per heavy atom. The van der Waals surface area contributed by atoms with Crippen LogP contribution in [-0.4, -0.2) is 62.0 Å². The minimum atomic E-state index is -1.47. The van der Waals surface area contributed by atoms with E-state index in [2.05, 4.69) is 10.0 Å². The average molecular weight is 666 g/mol. The van der Waals surface area contributed by atoms with Crippen molar-refractivity contribution in [3.63, 3.8) is 0 Å². The van der Waals surface area contributed by atoms with Gasteiger partial charge in [0.2, 0.25) is 0 Å². The van der Waals surface area contributed by atoms with Crippen LogP contribution in [0.15, 0.2) is 126 Å². The highest BCUT2D eigenvalue weighted by Crippen LogP contribution is 2.47. The van der Waals surface area contributed by atoms with E-state index in [-0.39, 0.29) is 33.0 Å². The molecule has 2 aliphatic rings. The van der Waals surface area contributed by atoms with E-state index in [0.717, 1.165) is 22.3 Å². The highest BCUT2D eigenvalue weighted by atomic mass is 16.7. The Hall–Kier alpha value is -4.58. The molecule has 2 saturated heterocycles. The zero-order chi connectivity index (χ0) is 33.9. The summed E-state index contributed by atoms with van der Waals surface area (Å²) in [5.74, 6) is -0.785. The number of carbonyl (C=O) groups excluding carboxylic acids is 1. The summed E-state index contributed by atoms with van der Waals surface area (Å²) in [5.41, 5.74) is 11.8. The zero-order valence-electron chi connectivity index (χ0n) is 27.2. The van der Waals surface area contributed by atoms with Gasteiger partial charge in [0.05, 0.1) is 26.4 Å². The SMILES string of the molecule is CO[C@H]1O[C@@H](C(N=[N+]=[N-])C(=O)OCc2ccccc2)[C@@H](OCc2ccccc2)[C@@]2(OCc3ccccc3)[C@@H](OCc3ccccc3)CO[C@@H]12. The van der Waals surface area contributed by atoms with Crippen molar-refractivity contribution in [2.45, 2.75) is 68.8 Å². The van der Waals surface area contributed by atoms with E-state index in [1.807, 2.05) is 121 Å². The standard InChI is InChI=1S/C38H39N3O8/c1-43-37-35-38(48-25-30-20-12-5-13-21-30,31(26-46-35)44-22-27-14-6-2-7-15-27)34(45-23-28-16-8-3-9-17-28)33(49-37)32(40-41-39)36(42)47-24-29-18-10-4-11-19-29/h2-21,31-35,37H,22-26H2,1H3/t31-,32?,33-,34+,35-,37-,38-/m0/s1. The molecule has 49 heavy (non-hydrogen) atoms. The normalized spacial score (nSPS) is 25.1. The largest absolute Gasteiger partial charge is 0.460 e. The Morgan fingerprint density at radius 3 is 1.84 bits per heavy atom. The Kier molecular flexibility index (Phi) is 11.7. The summed E-state index contributed by atoms with van der Waals surface area (Å²) in [6, 6.07) is 36.8. The smallest absolute Gasteiger partial charge is 0.318 e. The zero-order valence-corrected chi connectivity index (χ0v) is 27.2. The molecule has 4 aromatic rings. The second kappa shape index (κ2) is 16.7. The second-order valence-corrected chi connectivity index (χ2v) is 11.8. The maximum absolute atomic E-state index is 13.8. The minimum absolute atomic E-state index is 0.0305. The molecular weight excluding hydrogens is 626 g/mol. The summed E-state index contributed by atoms with van der Waals surface area (Å²) in [6.07, 6.45) is -4.87. The topological polar surface area (TPSA) is 130 Å². The van der Waals surface area contributed by atoms with Crippen molar-refractivity contribution in [3.05, 3.63) is 154 Å². The molecule has 0 saturated carbocycles. The lowest BCUT2D eigenvalue weighted by atomic mass is 9.78. The quantitative estimate of drug-likeness (QED) is 0.0626. The maximum atomic E-state index is 13.8. The summed E-state index contributed by atoms with van der Waals surface area (Å²) in [4.78, 5) is 16.9. The third kappa shape index (κ3) is 8.01. The Labute approximate surface area is 285 Å². The summed E-state index contributed by atoms with van der Waals surface area (Å²) in [5, 5.41) is 3.92. The number of azide groups is 1. The highest BCUT2D eigenvalue weighted by Gasteiger charge is 2.68. The molecule has 2 aliphatic heterocycles. The molecule has 2 fully saturated rings. The van der Waals surface area contributed by atoms with E-state index in [9.17, 15) is 10.3 Å². The molecule has 11 heteroatoms. The summed E-state index contributed by atoms with van der Waals surface area (Å²) < 4.78 is 44.7. The van der Waals surface area contributed by atoms with Gasteiger partial charge in [-0.05, 0) is 27.8 Å². The number of nitrogens with zero attached hydrogens (tertiary/aromatic N) is 3. The van der Waals surface area contributed by atoms with E-state index in [1.165, 1.54) is 7.11 Å². The third-order valence-corrected chi connectivity index (χ3v) is 8.74. The van der Waals surface area contributed by atoms with Gasteiger partial charge in [-0.1, -0.05) is 126 Å². The van der Waals surface area contributed by atoms with E-state index in [1.54, 1.807) is 0 Å². The minimum Gasteiger partial charge on any atom is -0.460 e. The maximum Gasteiger partial charge on any atom is 0.318 e. The number of ether oxygens (including phenoxy) is 7. The summed E-state index contributed by atoms with van der Waals surface area (Å²) in [7, 11) is 1.48. The number of rotatable bonds is 15. The van der Waals surface area contributed by atoms with Crippen LogP contribution in [0.4, 0.5) is 0 Å². The monoisotopic (exact) mass is 665 g/mol. The lowest BCUT2D eigenvalue weighted by Crippen LogP contribution is -2.72. The van der Waals surface area contributed by atoms with Gasteiger partial charge in [0.1, 0.15) is 31.0 Å². The molecule has 0 aromatic heterocycles. The van der Waals surface area contributed by atoms with Crippen LogP contribution in [0.5, 0.6) is 0 Å². The first-order valence-electron chi connectivity index (χ1n) is 16.2. The van der Waals surface area contributed by atoms with Crippen LogP contribution in [0, 0.1) is 0 Å². The fraction of sp³-hybridized carbons (Fsp3) is 0.342. The predicted octanol–water partition coefficient (Wildman–Crippen LogP) is 6.31. The number of benzene rings is 4. The molecular formula is C38H39N3O8. The van der Waals surface area contributed by atoms with Crippen molar-refractivity contribution in [1.29, 1.82) is 0 Å². The van der Waals surface area contributed by atoms with Gasteiger partial charge in [-0.25, -0.2) is 0 Å². The number of hydrogen-bond acceptors (Lipinski definition) is 9. The molecule has 0 spiro atoms. The van der Waals surface area contributed by atoms with Gasteiger partial charge in [0.25, 0.3) is 0 Å². The fourth-order valence-corrected chi connectivity index (χ4v) is 6.34. The van der Waals surface area contributed by atoms with E-state index in [0.29, 0.717) is 0 Å². The van der Waals surface area contributed by atoms with Crippen molar-refractivity contribution in [1.82, 2.24) is 0 Å². The van der Waals surface area contributed by atoms with Crippen LogP contribution in [0.25, 0.3) is 10.4 Å². The van der Waals surface area contributed by atoms with Crippen molar-refractivity contribution in [3.8, 4) is 0 Å². The molecule has 2 heterocycles. The molecule has 11 nitrogen and oxygen atoms in total.